The normalized spacial score (nSPS) is 34.8. The predicted octanol–water partition coefficient (Wildman–Crippen LogP) is 1.41. The first-order chi connectivity index (χ1) is 5.90. The van der Waals surface area contributed by atoms with Crippen molar-refractivity contribution in [2.75, 3.05) is 20.3 Å². The highest BCUT2D eigenvalue weighted by atomic mass is 16.5. The molecule has 0 bridgehead atoms. The van der Waals surface area contributed by atoms with Crippen molar-refractivity contribution in [3.05, 3.63) is 0 Å². The van der Waals surface area contributed by atoms with Gasteiger partial charge in [0.15, 0.2) is 0 Å². The van der Waals surface area contributed by atoms with E-state index >= 15 is 0 Å². The van der Waals surface area contributed by atoms with E-state index in [9.17, 15) is 0 Å². The Balaban J connectivity index is 1.59. The summed E-state index contributed by atoms with van der Waals surface area (Å²) in [5.41, 5.74) is 0. The van der Waals surface area contributed by atoms with Crippen molar-refractivity contribution < 1.29 is 4.74 Å². The van der Waals surface area contributed by atoms with Crippen LogP contribution < -0.4 is 5.32 Å². The van der Waals surface area contributed by atoms with Gasteiger partial charge in [-0.25, -0.2) is 0 Å². The quantitative estimate of drug-likeness (QED) is 0.672. The van der Waals surface area contributed by atoms with Gasteiger partial charge in [-0.2, -0.15) is 0 Å². The van der Waals surface area contributed by atoms with E-state index in [1.807, 2.05) is 7.11 Å². The van der Waals surface area contributed by atoms with Crippen LogP contribution in [-0.4, -0.2) is 26.3 Å². The SMILES string of the molecule is COCC1CCC1CNC1CC1. The van der Waals surface area contributed by atoms with Gasteiger partial charge < -0.3 is 10.1 Å². The van der Waals surface area contributed by atoms with E-state index in [1.54, 1.807) is 0 Å². The first kappa shape index (κ1) is 8.52. The molecule has 70 valence electrons. The lowest BCUT2D eigenvalue weighted by atomic mass is 9.74. The molecule has 2 atom stereocenters. The highest BCUT2D eigenvalue weighted by molar-refractivity contribution is 4.87. The molecule has 0 aliphatic heterocycles. The summed E-state index contributed by atoms with van der Waals surface area (Å²) in [6, 6.07) is 0.869. The van der Waals surface area contributed by atoms with Crippen molar-refractivity contribution in [2.45, 2.75) is 31.7 Å². The molecule has 0 amide bonds. The third-order valence-corrected chi connectivity index (χ3v) is 3.20. The molecule has 2 heteroatoms. The molecule has 2 nitrogen and oxygen atoms in total. The number of nitrogens with one attached hydrogen (secondary N) is 1. The Kier molecular flexibility index (Phi) is 2.66. The molecule has 0 radical (unpaired) electrons. The molecule has 0 saturated heterocycles. The van der Waals surface area contributed by atoms with E-state index < -0.39 is 0 Å². The van der Waals surface area contributed by atoms with Crippen molar-refractivity contribution in [3.8, 4) is 0 Å². The number of ether oxygens (including phenoxy) is 1. The van der Waals surface area contributed by atoms with E-state index in [2.05, 4.69) is 5.32 Å². The van der Waals surface area contributed by atoms with Gasteiger partial charge in [-0.3, -0.25) is 0 Å². The first-order valence-corrected chi connectivity index (χ1v) is 5.12. The minimum Gasteiger partial charge on any atom is -0.384 e. The van der Waals surface area contributed by atoms with Crippen LogP contribution in [0.5, 0.6) is 0 Å². The zero-order valence-corrected chi connectivity index (χ0v) is 7.88. The fourth-order valence-electron chi connectivity index (χ4n) is 1.95. The number of rotatable bonds is 5. The highest BCUT2D eigenvalue weighted by Gasteiger charge is 2.31. The molecule has 2 saturated carbocycles. The van der Waals surface area contributed by atoms with Gasteiger partial charge in [0.25, 0.3) is 0 Å². The second-order valence-corrected chi connectivity index (χ2v) is 4.24. The molecular formula is C10H19NO. The molecule has 2 unspecified atom stereocenters. The third-order valence-electron chi connectivity index (χ3n) is 3.20. The van der Waals surface area contributed by atoms with Crippen molar-refractivity contribution in [1.82, 2.24) is 5.32 Å². The summed E-state index contributed by atoms with van der Waals surface area (Å²) in [6.45, 7) is 2.20. The predicted molar refractivity (Wildman–Crippen MR) is 49.1 cm³/mol. The van der Waals surface area contributed by atoms with Crippen molar-refractivity contribution in [2.24, 2.45) is 11.8 Å². The molecule has 12 heavy (non-hydrogen) atoms. The van der Waals surface area contributed by atoms with Gasteiger partial charge >= 0.3 is 0 Å². The molecule has 2 aliphatic rings. The topological polar surface area (TPSA) is 21.3 Å². The number of hydrogen-bond donors (Lipinski definition) is 1. The largest absolute Gasteiger partial charge is 0.384 e. The molecule has 0 aromatic rings. The standard InChI is InChI=1S/C10H19NO/c1-12-7-9-3-2-8(9)6-11-10-4-5-10/h8-11H,2-7H2,1H3. The summed E-state index contributed by atoms with van der Waals surface area (Å²) < 4.78 is 5.17. The molecule has 1 N–H and O–H groups in total. The van der Waals surface area contributed by atoms with Crippen LogP contribution in [0.15, 0.2) is 0 Å². The summed E-state index contributed by atoms with van der Waals surface area (Å²) in [7, 11) is 1.81. The maximum atomic E-state index is 5.17. The van der Waals surface area contributed by atoms with E-state index in [4.69, 9.17) is 4.74 Å². The zero-order chi connectivity index (χ0) is 8.39. The van der Waals surface area contributed by atoms with Gasteiger partial charge in [-0.1, -0.05) is 0 Å². The lowest BCUT2D eigenvalue weighted by molar-refractivity contribution is 0.0595. The van der Waals surface area contributed by atoms with E-state index in [1.165, 1.54) is 32.2 Å². The Labute approximate surface area is 74.7 Å². The number of hydrogen-bond acceptors (Lipinski definition) is 2. The van der Waals surface area contributed by atoms with Crippen LogP contribution in [0.3, 0.4) is 0 Å². The van der Waals surface area contributed by atoms with Gasteiger partial charge in [0.2, 0.25) is 0 Å². The van der Waals surface area contributed by atoms with Crippen molar-refractivity contribution >= 4 is 0 Å². The van der Waals surface area contributed by atoms with Crippen LogP contribution >= 0.6 is 0 Å². The Hall–Kier alpha value is -0.0800. The Morgan fingerprint density at radius 3 is 2.42 bits per heavy atom. The zero-order valence-electron chi connectivity index (χ0n) is 7.88. The molecule has 2 fully saturated rings. The van der Waals surface area contributed by atoms with Crippen LogP contribution in [0.2, 0.25) is 0 Å². The van der Waals surface area contributed by atoms with Crippen LogP contribution in [0.4, 0.5) is 0 Å². The van der Waals surface area contributed by atoms with Crippen molar-refractivity contribution in [3.63, 3.8) is 0 Å². The smallest absolute Gasteiger partial charge is 0.0493 e. The molecule has 0 aromatic heterocycles. The fraction of sp³-hybridized carbons (Fsp3) is 1.00. The average molecular weight is 169 g/mol. The highest BCUT2D eigenvalue weighted by Crippen LogP contribution is 2.34. The second kappa shape index (κ2) is 3.75. The lowest BCUT2D eigenvalue weighted by Crippen LogP contribution is -2.38. The summed E-state index contributed by atoms with van der Waals surface area (Å²) >= 11 is 0. The van der Waals surface area contributed by atoms with Crippen LogP contribution in [0, 0.1) is 11.8 Å². The van der Waals surface area contributed by atoms with Gasteiger partial charge in [0.05, 0.1) is 0 Å². The molecule has 0 aromatic carbocycles. The minimum absolute atomic E-state index is 0.848. The van der Waals surface area contributed by atoms with Gasteiger partial charge in [-0.05, 0) is 44.1 Å². The Bertz CT molecular complexity index is 145. The molecule has 0 spiro atoms. The van der Waals surface area contributed by atoms with Gasteiger partial charge in [0.1, 0.15) is 0 Å². The van der Waals surface area contributed by atoms with E-state index in [0.717, 1.165) is 24.5 Å². The molecule has 2 aliphatic carbocycles. The molecule has 0 heterocycles. The van der Waals surface area contributed by atoms with E-state index in [-0.39, 0.29) is 0 Å². The molecular weight excluding hydrogens is 150 g/mol. The van der Waals surface area contributed by atoms with E-state index in [0.29, 0.717) is 0 Å². The minimum atomic E-state index is 0.848. The summed E-state index contributed by atoms with van der Waals surface area (Å²) in [5.74, 6) is 1.76. The van der Waals surface area contributed by atoms with Crippen molar-refractivity contribution in [1.29, 1.82) is 0 Å². The second-order valence-electron chi connectivity index (χ2n) is 4.24. The fourth-order valence-corrected chi connectivity index (χ4v) is 1.95. The first-order valence-electron chi connectivity index (χ1n) is 5.12. The monoisotopic (exact) mass is 169 g/mol. The van der Waals surface area contributed by atoms with Crippen LogP contribution in [0.1, 0.15) is 25.7 Å². The Morgan fingerprint density at radius 2 is 1.92 bits per heavy atom. The summed E-state index contributed by atoms with van der Waals surface area (Å²) in [6.07, 6.45) is 5.60. The lowest BCUT2D eigenvalue weighted by Gasteiger charge is -2.36. The molecule has 2 rings (SSSR count). The summed E-state index contributed by atoms with van der Waals surface area (Å²) in [5, 5.41) is 3.59. The average Bonchev–Trinajstić information content (AvgIpc) is 2.82. The summed E-state index contributed by atoms with van der Waals surface area (Å²) in [4.78, 5) is 0. The van der Waals surface area contributed by atoms with Gasteiger partial charge in [0, 0.05) is 19.8 Å². The third kappa shape index (κ3) is 1.99. The van der Waals surface area contributed by atoms with Crippen LogP contribution in [-0.2, 0) is 4.74 Å². The maximum absolute atomic E-state index is 5.17. The maximum Gasteiger partial charge on any atom is 0.0493 e. The Morgan fingerprint density at radius 1 is 1.17 bits per heavy atom. The van der Waals surface area contributed by atoms with Crippen LogP contribution in [0.25, 0.3) is 0 Å². The number of methoxy groups -OCH3 is 1. The van der Waals surface area contributed by atoms with Gasteiger partial charge in [-0.15, -0.1) is 0 Å².